The van der Waals surface area contributed by atoms with Crippen LogP contribution in [0.5, 0.6) is 0 Å². The molecule has 0 spiro atoms. The van der Waals surface area contributed by atoms with E-state index in [9.17, 15) is 10.2 Å². The quantitative estimate of drug-likeness (QED) is 0.735. The molecular weight excluding hydrogens is 292 g/mol. The van der Waals surface area contributed by atoms with Gasteiger partial charge in [0.05, 0.1) is 0 Å². The van der Waals surface area contributed by atoms with Crippen molar-refractivity contribution in [2.24, 2.45) is 0 Å². The Morgan fingerprint density at radius 2 is 1.22 bits per heavy atom. The third-order valence-electron chi connectivity index (χ3n) is 3.78. The highest BCUT2D eigenvalue weighted by atomic mass is 16.7. The SMILES string of the molecule is CCOC(OCC)C(O)C(O)(c1ccccc1)c1ccccc1. The first kappa shape index (κ1) is 17.6. The highest BCUT2D eigenvalue weighted by Crippen LogP contribution is 2.35. The molecule has 1 atom stereocenters. The van der Waals surface area contributed by atoms with Crippen LogP contribution in [-0.2, 0) is 15.1 Å². The Bertz CT molecular complexity index is 525. The molecule has 2 aromatic rings. The number of ether oxygens (including phenoxy) is 2. The molecule has 0 saturated heterocycles. The van der Waals surface area contributed by atoms with Crippen molar-refractivity contribution in [1.82, 2.24) is 0 Å². The summed E-state index contributed by atoms with van der Waals surface area (Å²) in [5.41, 5.74) is -0.455. The van der Waals surface area contributed by atoms with E-state index in [1.165, 1.54) is 0 Å². The molecule has 2 rings (SSSR count). The first-order valence-electron chi connectivity index (χ1n) is 7.89. The minimum atomic E-state index is -1.63. The molecule has 0 fully saturated rings. The maximum atomic E-state index is 11.4. The van der Waals surface area contributed by atoms with E-state index >= 15 is 0 Å². The molecule has 2 aromatic carbocycles. The van der Waals surface area contributed by atoms with Gasteiger partial charge >= 0.3 is 0 Å². The highest BCUT2D eigenvalue weighted by Gasteiger charge is 2.44. The van der Waals surface area contributed by atoms with Gasteiger partial charge in [0, 0.05) is 13.2 Å². The number of hydrogen-bond acceptors (Lipinski definition) is 4. The van der Waals surface area contributed by atoms with Crippen molar-refractivity contribution in [2.75, 3.05) is 13.2 Å². The Labute approximate surface area is 137 Å². The molecule has 0 aliphatic rings. The van der Waals surface area contributed by atoms with E-state index in [4.69, 9.17) is 9.47 Å². The average Bonchev–Trinajstić information content (AvgIpc) is 2.61. The van der Waals surface area contributed by atoms with E-state index in [2.05, 4.69) is 0 Å². The fourth-order valence-electron chi connectivity index (χ4n) is 2.65. The van der Waals surface area contributed by atoms with Gasteiger partial charge in [-0.1, -0.05) is 60.7 Å². The lowest BCUT2D eigenvalue weighted by atomic mass is 9.81. The molecule has 0 saturated carbocycles. The summed E-state index contributed by atoms with van der Waals surface area (Å²) in [5, 5.41) is 22.3. The molecule has 4 nitrogen and oxygen atoms in total. The van der Waals surface area contributed by atoms with Crippen molar-refractivity contribution in [3.63, 3.8) is 0 Å². The smallest absolute Gasteiger partial charge is 0.186 e. The largest absolute Gasteiger partial charge is 0.384 e. The number of benzene rings is 2. The molecule has 0 bridgehead atoms. The van der Waals surface area contributed by atoms with E-state index in [1.54, 1.807) is 24.3 Å². The van der Waals surface area contributed by atoms with Crippen molar-refractivity contribution in [3.05, 3.63) is 71.8 Å². The van der Waals surface area contributed by atoms with Crippen LogP contribution in [0.1, 0.15) is 25.0 Å². The van der Waals surface area contributed by atoms with Crippen molar-refractivity contribution in [2.45, 2.75) is 31.8 Å². The number of aliphatic hydroxyl groups is 2. The Morgan fingerprint density at radius 1 is 0.826 bits per heavy atom. The second-order valence-electron chi connectivity index (χ2n) is 5.22. The third-order valence-corrected chi connectivity index (χ3v) is 3.78. The summed E-state index contributed by atoms with van der Waals surface area (Å²) in [4.78, 5) is 0. The minimum Gasteiger partial charge on any atom is -0.384 e. The van der Waals surface area contributed by atoms with Crippen molar-refractivity contribution < 1.29 is 19.7 Å². The van der Waals surface area contributed by atoms with Gasteiger partial charge < -0.3 is 19.7 Å². The second kappa shape index (κ2) is 8.22. The fraction of sp³-hybridized carbons (Fsp3) is 0.368. The normalized spacial score (nSPS) is 13.3. The molecule has 0 amide bonds. The van der Waals surface area contributed by atoms with Crippen LogP contribution in [-0.4, -0.2) is 35.8 Å². The molecular formula is C19H24O4. The molecule has 0 aliphatic carbocycles. The van der Waals surface area contributed by atoms with Gasteiger partial charge in [0.25, 0.3) is 0 Å². The van der Waals surface area contributed by atoms with E-state index in [0.29, 0.717) is 24.3 Å². The number of hydrogen-bond donors (Lipinski definition) is 2. The molecule has 124 valence electrons. The minimum absolute atomic E-state index is 0.376. The predicted molar refractivity (Wildman–Crippen MR) is 88.9 cm³/mol. The van der Waals surface area contributed by atoms with Crippen molar-refractivity contribution >= 4 is 0 Å². The molecule has 0 radical (unpaired) electrons. The summed E-state index contributed by atoms with van der Waals surface area (Å²) in [6, 6.07) is 18.2. The lowest BCUT2D eigenvalue weighted by molar-refractivity contribution is -0.230. The molecule has 0 aromatic heterocycles. The van der Waals surface area contributed by atoms with Gasteiger partial charge in [0.15, 0.2) is 6.29 Å². The Hall–Kier alpha value is -1.72. The van der Waals surface area contributed by atoms with E-state index in [-0.39, 0.29) is 0 Å². The maximum Gasteiger partial charge on any atom is 0.186 e. The highest BCUT2D eigenvalue weighted by molar-refractivity contribution is 5.37. The first-order chi connectivity index (χ1) is 11.1. The summed E-state index contributed by atoms with van der Waals surface area (Å²) in [7, 11) is 0. The van der Waals surface area contributed by atoms with Crippen LogP contribution in [0.2, 0.25) is 0 Å². The average molecular weight is 316 g/mol. The summed E-state index contributed by atoms with van der Waals surface area (Å²) >= 11 is 0. The molecule has 1 unspecified atom stereocenters. The van der Waals surface area contributed by atoms with Gasteiger partial charge in [0.2, 0.25) is 0 Å². The monoisotopic (exact) mass is 316 g/mol. The van der Waals surface area contributed by atoms with Gasteiger partial charge in [-0.2, -0.15) is 0 Å². The third kappa shape index (κ3) is 3.79. The summed E-state index contributed by atoms with van der Waals surface area (Å²) in [6.45, 7) is 4.40. The predicted octanol–water partition coefficient (Wildman–Crippen LogP) is 2.68. The second-order valence-corrected chi connectivity index (χ2v) is 5.22. The van der Waals surface area contributed by atoms with Gasteiger partial charge in [0.1, 0.15) is 11.7 Å². The van der Waals surface area contributed by atoms with Crippen LogP contribution in [0.25, 0.3) is 0 Å². The Balaban J connectivity index is 2.49. The lowest BCUT2D eigenvalue weighted by Gasteiger charge is -2.37. The maximum absolute atomic E-state index is 11.4. The van der Waals surface area contributed by atoms with Crippen LogP contribution in [0.3, 0.4) is 0 Å². The first-order valence-corrected chi connectivity index (χ1v) is 7.89. The molecule has 0 aliphatic heterocycles. The van der Waals surface area contributed by atoms with Gasteiger partial charge in [-0.3, -0.25) is 0 Å². The van der Waals surface area contributed by atoms with Crippen LogP contribution < -0.4 is 0 Å². The van der Waals surface area contributed by atoms with E-state index < -0.39 is 18.0 Å². The zero-order valence-electron chi connectivity index (χ0n) is 13.6. The van der Waals surface area contributed by atoms with Crippen molar-refractivity contribution in [3.8, 4) is 0 Å². The van der Waals surface area contributed by atoms with Gasteiger partial charge in [-0.15, -0.1) is 0 Å². The Morgan fingerprint density at radius 3 is 1.57 bits per heavy atom. The number of rotatable bonds is 8. The molecule has 4 heteroatoms. The van der Waals surface area contributed by atoms with Gasteiger partial charge in [-0.25, -0.2) is 0 Å². The van der Waals surface area contributed by atoms with Crippen molar-refractivity contribution in [1.29, 1.82) is 0 Å². The number of aliphatic hydroxyl groups excluding tert-OH is 1. The zero-order valence-corrected chi connectivity index (χ0v) is 13.6. The lowest BCUT2D eigenvalue weighted by Crippen LogP contribution is -2.49. The standard InChI is InChI=1S/C19H24O4/c1-3-22-18(23-4-2)17(20)19(21,15-11-7-5-8-12-15)16-13-9-6-10-14-16/h5-14,17-18,20-21H,3-4H2,1-2H3. The van der Waals surface area contributed by atoms with Crippen LogP contribution in [0.15, 0.2) is 60.7 Å². The van der Waals surface area contributed by atoms with Crippen LogP contribution >= 0.6 is 0 Å². The van der Waals surface area contributed by atoms with Crippen LogP contribution in [0.4, 0.5) is 0 Å². The fourth-order valence-corrected chi connectivity index (χ4v) is 2.65. The topological polar surface area (TPSA) is 58.9 Å². The molecule has 2 N–H and O–H groups in total. The molecule has 23 heavy (non-hydrogen) atoms. The summed E-state index contributed by atoms with van der Waals surface area (Å²) in [6.07, 6.45) is -2.19. The van der Waals surface area contributed by atoms with Gasteiger partial charge in [-0.05, 0) is 25.0 Å². The Kier molecular flexibility index (Phi) is 6.30. The van der Waals surface area contributed by atoms with Crippen LogP contribution in [0, 0.1) is 0 Å². The molecule has 0 heterocycles. The van der Waals surface area contributed by atoms with E-state index in [1.807, 2.05) is 50.2 Å². The van der Waals surface area contributed by atoms with E-state index in [0.717, 1.165) is 0 Å². The summed E-state index contributed by atoms with van der Waals surface area (Å²) < 4.78 is 11.0. The zero-order chi connectivity index (χ0) is 16.7. The summed E-state index contributed by atoms with van der Waals surface area (Å²) in [5.74, 6) is 0.